The molecule has 0 radical (unpaired) electrons. The number of nitrogens with one attached hydrogen (secondary N) is 1. The molecule has 0 aliphatic heterocycles. The molecular weight excluding hydrogens is 382 g/mol. The first kappa shape index (κ1) is 19.3. The van der Waals surface area contributed by atoms with Crippen LogP contribution in [0.25, 0.3) is 0 Å². The Labute approximate surface area is 178 Å². The first-order valence-corrected chi connectivity index (χ1v) is 11.3. The standard InChI is InChI=1S/C25H30ClNO2/c1-28-23-10-21(22(26)11-24(23)29-16-17-5-3-2-4-6-17)15-27-25-12-18-7-19(13-25)9-20(8-18)14-25/h2-6,10-11,18-20,27H,7-9,12-16H2,1H3. The summed E-state index contributed by atoms with van der Waals surface area (Å²) in [5.41, 5.74) is 2.54. The third-order valence-electron chi connectivity index (χ3n) is 7.26. The van der Waals surface area contributed by atoms with E-state index in [2.05, 4.69) is 17.4 Å². The van der Waals surface area contributed by atoms with Gasteiger partial charge >= 0.3 is 0 Å². The van der Waals surface area contributed by atoms with Gasteiger partial charge in [-0.1, -0.05) is 41.9 Å². The molecular formula is C25H30ClNO2. The molecule has 0 atom stereocenters. The van der Waals surface area contributed by atoms with E-state index in [1.165, 1.54) is 38.5 Å². The zero-order chi connectivity index (χ0) is 19.8. The molecule has 2 aromatic rings. The second-order valence-electron chi connectivity index (χ2n) is 9.42. The van der Waals surface area contributed by atoms with Crippen LogP contribution in [0.4, 0.5) is 0 Å². The maximum Gasteiger partial charge on any atom is 0.163 e. The zero-order valence-electron chi connectivity index (χ0n) is 17.1. The lowest BCUT2D eigenvalue weighted by Gasteiger charge is -2.57. The van der Waals surface area contributed by atoms with Crippen molar-refractivity contribution in [1.29, 1.82) is 0 Å². The number of methoxy groups -OCH3 is 1. The van der Waals surface area contributed by atoms with Crippen LogP contribution in [0.3, 0.4) is 0 Å². The Morgan fingerprint density at radius 2 is 1.62 bits per heavy atom. The molecule has 2 aromatic carbocycles. The van der Waals surface area contributed by atoms with Gasteiger partial charge in [0, 0.05) is 23.2 Å². The smallest absolute Gasteiger partial charge is 0.163 e. The van der Waals surface area contributed by atoms with E-state index in [1.54, 1.807) is 7.11 Å². The van der Waals surface area contributed by atoms with Gasteiger partial charge < -0.3 is 14.8 Å². The maximum atomic E-state index is 6.65. The van der Waals surface area contributed by atoms with Gasteiger partial charge in [0.15, 0.2) is 11.5 Å². The molecule has 0 spiro atoms. The molecule has 0 amide bonds. The van der Waals surface area contributed by atoms with Crippen LogP contribution in [0, 0.1) is 17.8 Å². The van der Waals surface area contributed by atoms with Crippen LogP contribution in [-0.2, 0) is 13.2 Å². The summed E-state index contributed by atoms with van der Waals surface area (Å²) < 4.78 is 11.6. The molecule has 4 bridgehead atoms. The van der Waals surface area contributed by atoms with E-state index in [-0.39, 0.29) is 0 Å². The molecule has 4 heteroatoms. The topological polar surface area (TPSA) is 30.5 Å². The predicted octanol–water partition coefficient (Wildman–Crippen LogP) is 5.99. The summed E-state index contributed by atoms with van der Waals surface area (Å²) in [5.74, 6) is 4.25. The molecule has 0 unspecified atom stereocenters. The third-order valence-corrected chi connectivity index (χ3v) is 7.61. The molecule has 0 aromatic heterocycles. The second-order valence-corrected chi connectivity index (χ2v) is 9.83. The number of hydrogen-bond acceptors (Lipinski definition) is 3. The first-order chi connectivity index (χ1) is 14.1. The highest BCUT2D eigenvalue weighted by Gasteiger charge is 2.50. The molecule has 154 valence electrons. The fraction of sp³-hybridized carbons (Fsp3) is 0.520. The number of benzene rings is 2. The fourth-order valence-corrected chi connectivity index (χ4v) is 6.55. The molecule has 0 saturated heterocycles. The van der Waals surface area contributed by atoms with Crippen molar-refractivity contribution >= 4 is 11.6 Å². The van der Waals surface area contributed by atoms with Crippen molar-refractivity contribution in [2.75, 3.05) is 7.11 Å². The summed E-state index contributed by atoms with van der Waals surface area (Å²) in [5, 5.41) is 4.67. The van der Waals surface area contributed by atoms with Crippen LogP contribution in [0.5, 0.6) is 11.5 Å². The molecule has 6 rings (SSSR count). The lowest BCUT2D eigenvalue weighted by molar-refractivity contribution is -0.0206. The van der Waals surface area contributed by atoms with Gasteiger partial charge in [-0.15, -0.1) is 0 Å². The first-order valence-electron chi connectivity index (χ1n) is 10.9. The molecule has 4 aliphatic carbocycles. The average Bonchev–Trinajstić information content (AvgIpc) is 2.71. The number of halogens is 1. The highest BCUT2D eigenvalue weighted by molar-refractivity contribution is 6.31. The minimum atomic E-state index is 0.327. The average molecular weight is 412 g/mol. The summed E-state index contributed by atoms with van der Waals surface area (Å²) in [6.07, 6.45) is 8.40. The largest absolute Gasteiger partial charge is 0.493 e. The molecule has 29 heavy (non-hydrogen) atoms. The predicted molar refractivity (Wildman–Crippen MR) is 117 cm³/mol. The normalized spacial score (nSPS) is 29.8. The Morgan fingerprint density at radius 1 is 0.966 bits per heavy atom. The van der Waals surface area contributed by atoms with Crippen molar-refractivity contribution in [2.45, 2.75) is 57.2 Å². The van der Waals surface area contributed by atoms with Crippen LogP contribution >= 0.6 is 11.6 Å². The van der Waals surface area contributed by atoms with Crippen LogP contribution in [0.2, 0.25) is 5.02 Å². The molecule has 4 fully saturated rings. The van der Waals surface area contributed by atoms with E-state index < -0.39 is 0 Å². The van der Waals surface area contributed by atoms with E-state index in [0.29, 0.717) is 17.9 Å². The molecule has 4 aliphatic rings. The lowest BCUT2D eigenvalue weighted by atomic mass is 9.53. The Hall–Kier alpha value is -1.71. The summed E-state index contributed by atoms with van der Waals surface area (Å²) in [6.45, 7) is 1.29. The van der Waals surface area contributed by atoms with Crippen molar-refractivity contribution in [3.05, 3.63) is 58.6 Å². The maximum absolute atomic E-state index is 6.65. The quantitative estimate of drug-likeness (QED) is 0.607. The van der Waals surface area contributed by atoms with Crippen LogP contribution in [-0.4, -0.2) is 12.6 Å². The van der Waals surface area contributed by atoms with Crippen molar-refractivity contribution in [2.24, 2.45) is 17.8 Å². The van der Waals surface area contributed by atoms with Crippen molar-refractivity contribution < 1.29 is 9.47 Å². The van der Waals surface area contributed by atoms with Crippen molar-refractivity contribution in [3.8, 4) is 11.5 Å². The second kappa shape index (κ2) is 7.85. The van der Waals surface area contributed by atoms with Crippen LogP contribution in [0.15, 0.2) is 42.5 Å². The Balaban J connectivity index is 1.28. The minimum absolute atomic E-state index is 0.327. The Bertz CT molecular complexity index is 831. The summed E-state index contributed by atoms with van der Waals surface area (Å²) in [7, 11) is 1.69. The lowest BCUT2D eigenvalue weighted by Crippen LogP contribution is -2.58. The minimum Gasteiger partial charge on any atom is -0.493 e. The van der Waals surface area contributed by atoms with Crippen molar-refractivity contribution in [3.63, 3.8) is 0 Å². The van der Waals surface area contributed by atoms with E-state index in [1.807, 2.05) is 30.3 Å². The Kier molecular flexibility index (Phi) is 5.21. The Morgan fingerprint density at radius 3 is 2.24 bits per heavy atom. The van der Waals surface area contributed by atoms with E-state index in [4.69, 9.17) is 21.1 Å². The van der Waals surface area contributed by atoms with Gasteiger partial charge in [0.1, 0.15) is 6.61 Å². The molecule has 0 heterocycles. The van der Waals surface area contributed by atoms with Gasteiger partial charge in [0.25, 0.3) is 0 Å². The highest BCUT2D eigenvalue weighted by atomic mass is 35.5. The number of rotatable bonds is 7. The monoisotopic (exact) mass is 411 g/mol. The van der Waals surface area contributed by atoms with Gasteiger partial charge in [-0.2, -0.15) is 0 Å². The fourth-order valence-electron chi connectivity index (χ4n) is 6.33. The van der Waals surface area contributed by atoms with Gasteiger partial charge in [0.2, 0.25) is 0 Å². The zero-order valence-corrected chi connectivity index (χ0v) is 17.9. The summed E-state index contributed by atoms with van der Waals surface area (Å²) in [6, 6.07) is 14.1. The van der Waals surface area contributed by atoms with Gasteiger partial charge in [-0.05, 0) is 73.5 Å². The van der Waals surface area contributed by atoms with Crippen molar-refractivity contribution in [1.82, 2.24) is 5.32 Å². The van der Waals surface area contributed by atoms with Crippen LogP contribution < -0.4 is 14.8 Å². The molecule has 1 N–H and O–H groups in total. The SMILES string of the molecule is COc1cc(CNC23CC4CC(CC(C4)C2)C3)c(Cl)cc1OCc1ccccc1. The summed E-state index contributed by atoms with van der Waals surface area (Å²) >= 11 is 6.65. The number of hydrogen-bond donors (Lipinski definition) is 1. The highest BCUT2D eigenvalue weighted by Crippen LogP contribution is 2.55. The van der Waals surface area contributed by atoms with E-state index in [9.17, 15) is 0 Å². The summed E-state index contributed by atoms with van der Waals surface area (Å²) in [4.78, 5) is 0. The van der Waals surface area contributed by atoms with Gasteiger partial charge in [-0.25, -0.2) is 0 Å². The number of ether oxygens (including phenoxy) is 2. The molecule has 4 saturated carbocycles. The molecule has 3 nitrogen and oxygen atoms in total. The van der Waals surface area contributed by atoms with E-state index in [0.717, 1.165) is 46.2 Å². The van der Waals surface area contributed by atoms with Gasteiger partial charge in [-0.3, -0.25) is 0 Å². The van der Waals surface area contributed by atoms with E-state index >= 15 is 0 Å². The van der Waals surface area contributed by atoms with Gasteiger partial charge in [0.05, 0.1) is 7.11 Å². The third kappa shape index (κ3) is 4.00. The van der Waals surface area contributed by atoms with Crippen LogP contribution in [0.1, 0.15) is 49.7 Å².